The zero-order valence-electron chi connectivity index (χ0n) is 16.6. The van der Waals surface area contributed by atoms with Crippen molar-refractivity contribution in [3.8, 4) is 0 Å². The Morgan fingerprint density at radius 1 is 1.19 bits per heavy atom. The maximum absolute atomic E-state index is 12.7. The lowest BCUT2D eigenvalue weighted by Gasteiger charge is -2.47. The van der Waals surface area contributed by atoms with Crippen LogP contribution in [0.4, 0.5) is 0 Å². The molecule has 1 aliphatic heterocycles. The molecule has 26 heavy (non-hydrogen) atoms. The molecule has 1 aliphatic rings. The molecule has 1 heterocycles. The molecule has 0 radical (unpaired) electrons. The van der Waals surface area contributed by atoms with Crippen LogP contribution in [0, 0.1) is 0 Å². The van der Waals surface area contributed by atoms with Gasteiger partial charge in [-0.05, 0) is 32.8 Å². The van der Waals surface area contributed by atoms with Crippen molar-refractivity contribution >= 4 is 5.97 Å². The van der Waals surface area contributed by atoms with Gasteiger partial charge in [0.2, 0.25) is 0 Å². The van der Waals surface area contributed by atoms with Gasteiger partial charge in [-0.3, -0.25) is 9.69 Å². The van der Waals surface area contributed by atoms with E-state index in [9.17, 15) is 4.79 Å². The highest BCUT2D eigenvalue weighted by Gasteiger charge is 2.46. The van der Waals surface area contributed by atoms with Crippen LogP contribution < -0.4 is 0 Å². The summed E-state index contributed by atoms with van der Waals surface area (Å²) >= 11 is 0. The Kier molecular flexibility index (Phi) is 8.07. The number of likely N-dealkylation sites (tertiary alicyclic amines) is 1. The number of ether oxygens (including phenoxy) is 3. The Morgan fingerprint density at radius 3 is 2.54 bits per heavy atom. The normalized spacial score (nSPS) is 25.0. The zero-order valence-corrected chi connectivity index (χ0v) is 16.6. The Balaban J connectivity index is 2.24. The van der Waals surface area contributed by atoms with Gasteiger partial charge in [-0.15, -0.1) is 0 Å². The predicted molar refractivity (Wildman–Crippen MR) is 102 cm³/mol. The zero-order chi connectivity index (χ0) is 19.0. The summed E-state index contributed by atoms with van der Waals surface area (Å²) in [6.07, 6.45) is 2.16. The lowest BCUT2D eigenvalue weighted by Crippen LogP contribution is -2.56. The lowest BCUT2D eigenvalue weighted by molar-refractivity contribution is -0.265. The fourth-order valence-corrected chi connectivity index (χ4v) is 3.67. The van der Waals surface area contributed by atoms with Crippen LogP contribution >= 0.6 is 0 Å². The molecular weight excluding hydrogens is 330 g/mol. The first-order valence-electron chi connectivity index (χ1n) is 9.82. The maximum Gasteiger partial charge on any atom is 0.323 e. The highest BCUT2D eigenvalue weighted by Crippen LogP contribution is 2.37. The van der Waals surface area contributed by atoms with E-state index in [1.165, 1.54) is 5.56 Å². The van der Waals surface area contributed by atoms with Crippen molar-refractivity contribution < 1.29 is 19.0 Å². The number of rotatable bonds is 9. The molecule has 0 bridgehead atoms. The summed E-state index contributed by atoms with van der Waals surface area (Å²) in [6, 6.07) is 10.0. The van der Waals surface area contributed by atoms with Crippen LogP contribution in [0.15, 0.2) is 30.3 Å². The van der Waals surface area contributed by atoms with E-state index in [1.807, 2.05) is 32.0 Å². The van der Waals surface area contributed by atoms with Gasteiger partial charge in [0.1, 0.15) is 6.04 Å². The van der Waals surface area contributed by atoms with Gasteiger partial charge in [0, 0.05) is 38.6 Å². The Hall–Kier alpha value is -1.43. The standard InChI is InChI=1S/C21H33NO4/c1-5-15-26-21(25-7-3)13-14-22(19(16-21)20(23)24-6-2)17(4)18-11-9-8-10-12-18/h8-12,17,19H,5-7,13-16H2,1-4H3/t17-,19?,21?/m0/s1. The van der Waals surface area contributed by atoms with Crippen LogP contribution in [-0.2, 0) is 19.0 Å². The van der Waals surface area contributed by atoms with Crippen molar-refractivity contribution in [3.05, 3.63) is 35.9 Å². The lowest BCUT2D eigenvalue weighted by atomic mass is 9.92. The molecule has 1 saturated heterocycles. The molecule has 0 aromatic heterocycles. The van der Waals surface area contributed by atoms with Crippen molar-refractivity contribution in [2.45, 2.75) is 64.8 Å². The van der Waals surface area contributed by atoms with E-state index >= 15 is 0 Å². The minimum absolute atomic E-state index is 0.122. The third-order valence-corrected chi connectivity index (χ3v) is 4.97. The van der Waals surface area contributed by atoms with Crippen LogP contribution in [0.1, 0.15) is 58.6 Å². The fourth-order valence-electron chi connectivity index (χ4n) is 3.67. The fraction of sp³-hybridized carbons (Fsp3) is 0.667. The third kappa shape index (κ3) is 5.06. The van der Waals surface area contributed by atoms with Crippen LogP contribution in [0.2, 0.25) is 0 Å². The molecule has 3 atom stereocenters. The smallest absolute Gasteiger partial charge is 0.323 e. The maximum atomic E-state index is 12.7. The molecule has 0 amide bonds. The van der Waals surface area contributed by atoms with E-state index in [0.29, 0.717) is 26.2 Å². The molecule has 0 N–H and O–H groups in total. The van der Waals surface area contributed by atoms with Crippen LogP contribution in [0.25, 0.3) is 0 Å². The Bertz CT molecular complexity index is 550. The molecular formula is C21H33NO4. The number of piperidine rings is 1. The molecule has 0 aliphatic carbocycles. The monoisotopic (exact) mass is 363 g/mol. The second kappa shape index (κ2) is 10.0. The summed E-state index contributed by atoms with van der Waals surface area (Å²) in [5.41, 5.74) is 1.19. The molecule has 1 fully saturated rings. The average Bonchev–Trinajstić information content (AvgIpc) is 2.67. The number of hydrogen-bond donors (Lipinski definition) is 0. The van der Waals surface area contributed by atoms with Gasteiger partial charge in [0.25, 0.3) is 0 Å². The van der Waals surface area contributed by atoms with E-state index < -0.39 is 5.79 Å². The van der Waals surface area contributed by atoms with Crippen molar-refractivity contribution in [2.75, 3.05) is 26.4 Å². The topological polar surface area (TPSA) is 48.0 Å². The van der Waals surface area contributed by atoms with Crippen LogP contribution in [0.5, 0.6) is 0 Å². The number of benzene rings is 1. The molecule has 0 saturated carbocycles. The van der Waals surface area contributed by atoms with E-state index in [-0.39, 0.29) is 18.1 Å². The van der Waals surface area contributed by atoms with Gasteiger partial charge in [-0.2, -0.15) is 0 Å². The molecule has 1 aromatic rings. The molecule has 2 rings (SSSR count). The van der Waals surface area contributed by atoms with Crippen molar-refractivity contribution in [1.82, 2.24) is 4.90 Å². The van der Waals surface area contributed by atoms with Gasteiger partial charge in [-0.25, -0.2) is 0 Å². The van der Waals surface area contributed by atoms with Gasteiger partial charge in [0.05, 0.1) is 6.61 Å². The quantitative estimate of drug-likeness (QED) is 0.491. The Labute approximate surface area is 157 Å². The second-order valence-corrected chi connectivity index (χ2v) is 6.74. The highest BCUT2D eigenvalue weighted by molar-refractivity contribution is 5.76. The third-order valence-electron chi connectivity index (χ3n) is 4.97. The van der Waals surface area contributed by atoms with E-state index in [2.05, 4.69) is 30.9 Å². The molecule has 5 heteroatoms. The number of carbonyl (C=O) groups is 1. The molecule has 1 aromatic carbocycles. The van der Waals surface area contributed by atoms with Crippen LogP contribution in [-0.4, -0.2) is 49.1 Å². The summed E-state index contributed by atoms with van der Waals surface area (Å²) in [6.45, 7) is 10.3. The average molecular weight is 363 g/mol. The van der Waals surface area contributed by atoms with Crippen molar-refractivity contribution in [1.29, 1.82) is 0 Å². The number of carbonyl (C=O) groups excluding carboxylic acids is 1. The van der Waals surface area contributed by atoms with Crippen LogP contribution in [0.3, 0.4) is 0 Å². The van der Waals surface area contributed by atoms with Gasteiger partial charge < -0.3 is 14.2 Å². The minimum Gasteiger partial charge on any atom is -0.465 e. The first-order chi connectivity index (χ1) is 12.6. The molecule has 0 spiro atoms. The van der Waals surface area contributed by atoms with Gasteiger partial charge in [-0.1, -0.05) is 37.3 Å². The summed E-state index contributed by atoms with van der Waals surface area (Å²) < 4.78 is 17.5. The Morgan fingerprint density at radius 2 is 1.92 bits per heavy atom. The van der Waals surface area contributed by atoms with Gasteiger partial charge >= 0.3 is 5.97 Å². The first-order valence-corrected chi connectivity index (χ1v) is 9.82. The van der Waals surface area contributed by atoms with E-state index in [4.69, 9.17) is 14.2 Å². The number of nitrogens with zero attached hydrogens (tertiary/aromatic N) is 1. The van der Waals surface area contributed by atoms with Crippen molar-refractivity contribution in [2.24, 2.45) is 0 Å². The van der Waals surface area contributed by atoms with E-state index in [1.54, 1.807) is 0 Å². The second-order valence-electron chi connectivity index (χ2n) is 6.74. The van der Waals surface area contributed by atoms with Gasteiger partial charge in [0.15, 0.2) is 5.79 Å². The largest absolute Gasteiger partial charge is 0.465 e. The molecule has 5 nitrogen and oxygen atoms in total. The summed E-state index contributed by atoms with van der Waals surface area (Å²) in [5.74, 6) is -0.895. The summed E-state index contributed by atoms with van der Waals surface area (Å²) in [7, 11) is 0. The summed E-state index contributed by atoms with van der Waals surface area (Å²) in [4.78, 5) is 15.0. The SMILES string of the molecule is CCCOC1(OCC)CCN([C@@H](C)c2ccccc2)C(C(=O)OCC)C1. The summed E-state index contributed by atoms with van der Waals surface area (Å²) in [5, 5.41) is 0. The number of esters is 1. The highest BCUT2D eigenvalue weighted by atomic mass is 16.7. The van der Waals surface area contributed by atoms with Crippen molar-refractivity contribution in [3.63, 3.8) is 0 Å². The predicted octanol–water partition coefficient (Wildman–Crippen LogP) is 3.93. The first kappa shape index (κ1) is 20.9. The van der Waals surface area contributed by atoms with E-state index in [0.717, 1.165) is 19.4 Å². The molecule has 146 valence electrons. The number of hydrogen-bond acceptors (Lipinski definition) is 5. The minimum atomic E-state index is -0.699. The molecule has 2 unspecified atom stereocenters.